The molecule has 1 amide bonds. The lowest BCUT2D eigenvalue weighted by molar-refractivity contribution is -0.143. The summed E-state index contributed by atoms with van der Waals surface area (Å²) in [6, 6.07) is -0.627. The van der Waals surface area contributed by atoms with Gasteiger partial charge >= 0.3 is 5.97 Å². The van der Waals surface area contributed by atoms with Gasteiger partial charge in [0.25, 0.3) is 0 Å². The molecule has 0 aromatic heterocycles. The third-order valence-electron chi connectivity index (χ3n) is 18.1. The number of esters is 1. The fourth-order valence-electron chi connectivity index (χ4n) is 12.2. The number of rotatable bonds is 73. The Morgan fingerprint density at radius 3 is 0.871 bits per heavy atom. The van der Waals surface area contributed by atoms with Gasteiger partial charge in [-0.15, -0.1) is 0 Å². The molecule has 0 saturated carbocycles. The molecule has 0 aliphatic rings. The molecule has 0 spiro atoms. The normalized spacial score (nSPS) is 12.7. The van der Waals surface area contributed by atoms with Crippen molar-refractivity contribution < 1.29 is 24.5 Å². The van der Waals surface area contributed by atoms with Gasteiger partial charge in [-0.3, -0.25) is 9.59 Å². The van der Waals surface area contributed by atoms with Crippen LogP contribution in [0.1, 0.15) is 431 Å². The Morgan fingerprint density at radius 1 is 0.318 bits per heavy atom. The standard InChI is InChI=1S/C79H151NO5/c1-3-5-7-9-11-13-15-16-17-18-19-20-21-33-36-39-42-45-48-52-55-59-63-67-71-77(82)76(75-81)80-78(83)72-68-64-60-56-53-49-46-43-40-37-34-31-29-27-25-23-22-24-26-28-30-32-35-38-41-44-47-50-54-58-62-66-70-74-85-79(84)73-69-65-61-57-51-14-12-10-8-6-4-2/h10,12,26,28,67,71,76-77,81-82H,3-9,11,13-25,27,29-66,68-70,72-75H2,1-2H3,(H,80,83)/b12-10-,28-26-,71-67+. The highest BCUT2D eigenvalue weighted by atomic mass is 16.5. The summed E-state index contributed by atoms with van der Waals surface area (Å²) in [5.41, 5.74) is 0. The minimum absolute atomic E-state index is 0.00780. The number of allylic oxidation sites excluding steroid dienone is 5. The minimum Gasteiger partial charge on any atom is -0.466 e. The summed E-state index contributed by atoms with van der Waals surface area (Å²) in [7, 11) is 0. The Bertz CT molecular complexity index is 1380. The van der Waals surface area contributed by atoms with Crippen LogP contribution in [0.2, 0.25) is 0 Å². The van der Waals surface area contributed by atoms with Gasteiger partial charge in [0.1, 0.15) is 0 Å². The number of hydrogen-bond donors (Lipinski definition) is 3. The van der Waals surface area contributed by atoms with Crippen molar-refractivity contribution in [3.63, 3.8) is 0 Å². The molecular formula is C79H151NO5. The first kappa shape index (κ1) is 83.1. The number of carbonyl (C=O) groups is 2. The Balaban J connectivity index is 3.38. The number of nitrogens with one attached hydrogen (secondary N) is 1. The zero-order valence-electron chi connectivity index (χ0n) is 57.6. The average Bonchev–Trinajstić information content (AvgIpc) is 3.55. The second-order valence-electron chi connectivity index (χ2n) is 26.7. The van der Waals surface area contributed by atoms with E-state index in [1.54, 1.807) is 6.08 Å². The molecule has 0 aliphatic heterocycles. The zero-order valence-corrected chi connectivity index (χ0v) is 57.6. The van der Waals surface area contributed by atoms with E-state index in [1.807, 2.05) is 6.08 Å². The fourth-order valence-corrected chi connectivity index (χ4v) is 12.2. The number of aliphatic hydroxyl groups excluding tert-OH is 2. The van der Waals surface area contributed by atoms with Gasteiger partial charge < -0.3 is 20.3 Å². The number of ether oxygens (including phenoxy) is 1. The van der Waals surface area contributed by atoms with E-state index in [4.69, 9.17) is 4.74 Å². The maximum atomic E-state index is 12.6. The van der Waals surface area contributed by atoms with E-state index in [1.165, 1.54) is 360 Å². The van der Waals surface area contributed by atoms with E-state index >= 15 is 0 Å². The summed E-state index contributed by atoms with van der Waals surface area (Å²) >= 11 is 0. The first-order valence-corrected chi connectivity index (χ1v) is 38.8. The van der Waals surface area contributed by atoms with Crippen molar-refractivity contribution >= 4 is 11.9 Å². The monoisotopic (exact) mass is 1190 g/mol. The van der Waals surface area contributed by atoms with Crippen molar-refractivity contribution in [1.82, 2.24) is 5.32 Å². The van der Waals surface area contributed by atoms with Crippen LogP contribution in [-0.2, 0) is 14.3 Å². The molecule has 0 aromatic carbocycles. The lowest BCUT2D eigenvalue weighted by atomic mass is 10.0. The van der Waals surface area contributed by atoms with Crippen LogP contribution in [-0.4, -0.2) is 47.4 Å². The Kier molecular flexibility index (Phi) is 72.9. The van der Waals surface area contributed by atoms with Crippen molar-refractivity contribution in [2.24, 2.45) is 0 Å². The van der Waals surface area contributed by atoms with Gasteiger partial charge in [0, 0.05) is 12.8 Å². The molecule has 0 radical (unpaired) electrons. The Labute approximate surface area is 532 Å². The Hall–Kier alpha value is -1.92. The molecule has 0 aliphatic carbocycles. The smallest absolute Gasteiger partial charge is 0.305 e. The van der Waals surface area contributed by atoms with Crippen molar-refractivity contribution in [1.29, 1.82) is 0 Å². The minimum atomic E-state index is -0.844. The van der Waals surface area contributed by atoms with E-state index in [0.29, 0.717) is 19.4 Å². The summed E-state index contributed by atoms with van der Waals surface area (Å²) in [6.07, 6.45) is 96.9. The second-order valence-corrected chi connectivity index (χ2v) is 26.7. The Morgan fingerprint density at radius 2 is 0.565 bits per heavy atom. The summed E-state index contributed by atoms with van der Waals surface area (Å²) in [4.78, 5) is 24.6. The molecule has 0 fully saturated rings. The van der Waals surface area contributed by atoms with Gasteiger partial charge in [0.05, 0.1) is 25.4 Å². The largest absolute Gasteiger partial charge is 0.466 e. The SMILES string of the molecule is CCCC/C=C\CCCCCCCC(=O)OCCCCCCCCCCCCCC/C=C\CCCCCCCCCCCCCCCCCCCC(=O)NC(CO)C(O)/C=C/CCCCCCCCCCCCCCCCCCCCCCCC. The highest BCUT2D eigenvalue weighted by molar-refractivity contribution is 5.76. The van der Waals surface area contributed by atoms with E-state index in [0.717, 1.165) is 44.9 Å². The average molecular weight is 1200 g/mol. The van der Waals surface area contributed by atoms with Crippen LogP contribution in [0.5, 0.6) is 0 Å². The van der Waals surface area contributed by atoms with E-state index in [2.05, 4.69) is 43.5 Å². The molecule has 502 valence electrons. The van der Waals surface area contributed by atoms with Crippen molar-refractivity contribution in [3.8, 4) is 0 Å². The molecule has 6 nitrogen and oxygen atoms in total. The molecule has 0 saturated heterocycles. The third kappa shape index (κ3) is 71.0. The number of carbonyl (C=O) groups excluding carboxylic acids is 2. The molecule has 3 N–H and O–H groups in total. The topological polar surface area (TPSA) is 95.9 Å². The van der Waals surface area contributed by atoms with E-state index in [9.17, 15) is 19.8 Å². The molecule has 0 aromatic rings. The van der Waals surface area contributed by atoms with Crippen LogP contribution in [0.15, 0.2) is 36.5 Å². The highest BCUT2D eigenvalue weighted by Gasteiger charge is 2.18. The molecule has 0 rings (SSSR count). The van der Waals surface area contributed by atoms with Crippen LogP contribution in [0.25, 0.3) is 0 Å². The molecule has 0 bridgehead atoms. The summed E-state index contributed by atoms with van der Waals surface area (Å²) in [5, 5.41) is 23.3. The lowest BCUT2D eigenvalue weighted by Gasteiger charge is -2.20. The first-order chi connectivity index (χ1) is 42.0. The summed E-state index contributed by atoms with van der Waals surface area (Å²) in [5.74, 6) is -0.0523. The van der Waals surface area contributed by atoms with Crippen LogP contribution in [0, 0.1) is 0 Å². The number of amides is 1. The molecule has 2 atom stereocenters. The van der Waals surface area contributed by atoms with Crippen molar-refractivity contribution in [2.75, 3.05) is 13.2 Å². The van der Waals surface area contributed by atoms with Gasteiger partial charge in [0.2, 0.25) is 5.91 Å². The zero-order chi connectivity index (χ0) is 61.3. The van der Waals surface area contributed by atoms with Gasteiger partial charge in [0.15, 0.2) is 0 Å². The van der Waals surface area contributed by atoms with Gasteiger partial charge in [-0.05, 0) is 77.0 Å². The molecule has 6 heteroatoms. The highest BCUT2D eigenvalue weighted by Crippen LogP contribution is 2.19. The number of aliphatic hydroxyl groups is 2. The maximum Gasteiger partial charge on any atom is 0.305 e. The van der Waals surface area contributed by atoms with Gasteiger partial charge in [-0.25, -0.2) is 0 Å². The van der Waals surface area contributed by atoms with E-state index in [-0.39, 0.29) is 18.5 Å². The second kappa shape index (κ2) is 74.5. The summed E-state index contributed by atoms with van der Waals surface area (Å²) in [6.45, 7) is 4.91. The molecular weight excluding hydrogens is 1040 g/mol. The van der Waals surface area contributed by atoms with E-state index < -0.39 is 12.1 Å². The summed E-state index contributed by atoms with van der Waals surface area (Å²) < 4.78 is 5.47. The first-order valence-electron chi connectivity index (χ1n) is 38.8. The fraction of sp³-hybridized carbons (Fsp3) is 0.899. The van der Waals surface area contributed by atoms with Crippen LogP contribution < -0.4 is 5.32 Å². The van der Waals surface area contributed by atoms with Gasteiger partial charge in [-0.1, -0.05) is 378 Å². The molecule has 0 heterocycles. The van der Waals surface area contributed by atoms with Crippen LogP contribution in [0.4, 0.5) is 0 Å². The third-order valence-corrected chi connectivity index (χ3v) is 18.1. The maximum absolute atomic E-state index is 12.6. The van der Waals surface area contributed by atoms with Crippen LogP contribution >= 0.6 is 0 Å². The lowest BCUT2D eigenvalue weighted by Crippen LogP contribution is -2.45. The number of hydrogen-bond acceptors (Lipinski definition) is 5. The van der Waals surface area contributed by atoms with Crippen LogP contribution in [0.3, 0.4) is 0 Å². The predicted octanol–water partition coefficient (Wildman–Crippen LogP) is 25.4. The van der Waals surface area contributed by atoms with Gasteiger partial charge in [-0.2, -0.15) is 0 Å². The quantitative estimate of drug-likeness (QED) is 0.0320. The predicted molar refractivity (Wildman–Crippen MR) is 375 cm³/mol. The molecule has 85 heavy (non-hydrogen) atoms. The van der Waals surface area contributed by atoms with Crippen molar-refractivity contribution in [2.45, 2.75) is 443 Å². The van der Waals surface area contributed by atoms with Crippen molar-refractivity contribution in [3.05, 3.63) is 36.5 Å². The molecule has 2 unspecified atom stereocenters. The number of unbranched alkanes of at least 4 members (excludes halogenated alkanes) is 58.